The number of aliphatic carboxylic acids is 1. The fourth-order valence-electron chi connectivity index (χ4n) is 4.96. The summed E-state index contributed by atoms with van der Waals surface area (Å²) in [5, 5.41) is 9.75. The molecule has 7 heteroatoms. The molecule has 1 aliphatic rings. The Balaban J connectivity index is 1.55. The van der Waals surface area contributed by atoms with Crippen LogP contribution in [0, 0.1) is 5.41 Å². The van der Waals surface area contributed by atoms with E-state index in [0.717, 1.165) is 40.5 Å². The molecule has 0 aliphatic heterocycles. The van der Waals surface area contributed by atoms with E-state index in [0.29, 0.717) is 18.7 Å². The van der Waals surface area contributed by atoms with Crippen LogP contribution in [0.2, 0.25) is 0 Å². The topological polar surface area (TPSA) is 103 Å². The fourth-order valence-corrected chi connectivity index (χ4v) is 4.96. The number of nitrogen functional groups attached to an aromatic ring is 1. The lowest BCUT2D eigenvalue weighted by Crippen LogP contribution is -2.29. The van der Waals surface area contributed by atoms with Crippen LogP contribution >= 0.6 is 0 Å². The number of carbonyl (C=O) groups is 1. The Kier molecular flexibility index (Phi) is 4.85. The summed E-state index contributed by atoms with van der Waals surface area (Å²) in [5.74, 6) is 1.93. The second-order valence-corrected chi connectivity index (χ2v) is 9.36. The maximum atomic E-state index is 11.9. The molecule has 1 saturated carbocycles. The number of anilines is 1. The summed E-state index contributed by atoms with van der Waals surface area (Å²) in [6.07, 6.45) is 5.37. The van der Waals surface area contributed by atoms with Crippen LogP contribution < -0.4 is 10.5 Å². The number of para-hydroxylation sites is 1. The molecule has 0 bridgehead atoms. The molecule has 0 spiro atoms. The van der Waals surface area contributed by atoms with Gasteiger partial charge >= 0.3 is 5.97 Å². The average molecular weight is 443 g/mol. The molecule has 1 fully saturated rings. The van der Waals surface area contributed by atoms with Gasteiger partial charge in [-0.05, 0) is 62.6 Å². The van der Waals surface area contributed by atoms with E-state index in [1.165, 1.54) is 0 Å². The molecular weight excluding hydrogens is 416 g/mol. The van der Waals surface area contributed by atoms with Crippen molar-refractivity contribution >= 4 is 17.3 Å². The van der Waals surface area contributed by atoms with Gasteiger partial charge in [0, 0.05) is 23.4 Å². The Morgan fingerprint density at radius 3 is 2.42 bits per heavy atom. The second-order valence-electron chi connectivity index (χ2n) is 9.36. The third kappa shape index (κ3) is 3.59. The Morgan fingerprint density at radius 2 is 1.76 bits per heavy atom. The summed E-state index contributed by atoms with van der Waals surface area (Å²) >= 11 is 0. The molecule has 5 rings (SSSR count). The number of nitrogens with two attached hydrogens (primary N) is 1. The first-order valence-corrected chi connectivity index (χ1v) is 11.0. The van der Waals surface area contributed by atoms with Gasteiger partial charge in [-0.1, -0.05) is 25.1 Å². The number of aromatic nitrogens is 3. The zero-order valence-electron chi connectivity index (χ0n) is 18.7. The maximum absolute atomic E-state index is 11.9. The van der Waals surface area contributed by atoms with E-state index in [-0.39, 0.29) is 0 Å². The highest BCUT2D eigenvalue weighted by Crippen LogP contribution is 2.51. The minimum Gasteiger partial charge on any atom is -0.481 e. The highest BCUT2D eigenvalue weighted by molar-refractivity contribution is 5.85. The molecule has 2 unspecified atom stereocenters. The molecule has 33 heavy (non-hydrogen) atoms. The molecule has 0 radical (unpaired) electrons. The highest BCUT2D eigenvalue weighted by atomic mass is 16.5. The van der Waals surface area contributed by atoms with E-state index in [2.05, 4.69) is 11.9 Å². The van der Waals surface area contributed by atoms with Crippen molar-refractivity contribution in [2.24, 2.45) is 5.41 Å². The molecule has 2 aromatic carbocycles. The van der Waals surface area contributed by atoms with Crippen molar-refractivity contribution < 1.29 is 14.6 Å². The number of carboxylic acid groups (broad SMARTS) is 1. The number of imidazole rings is 1. The third-order valence-electron chi connectivity index (χ3n) is 6.75. The lowest BCUT2D eigenvalue weighted by atomic mass is 9.81. The van der Waals surface area contributed by atoms with Gasteiger partial charge < -0.3 is 15.6 Å². The van der Waals surface area contributed by atoms with Crippen molar-refractivity contribution in [1.29, 1.82) is 0 Å². The zero-order chi connectivity index (χ0) is 23.2. The number of nitrogens with zero attached hydrogens (tertiary/aromatic N) is 3. The minimum absolute atomic E-state index is 0.387. The van der Waals surface area contributed by atoms with Crippen molar-refractivity contribution in [2.75, 3.05) is 5.73 Å². The highest BCUT2D eigenvalue weighted by Gasteiger charge is 2.50. The van der Waals surface area contributed by atoms with E-state index < -0.39 is 16.8 Å². The van der Waals surface area contributed by atoms with E-state index in [1.54, 1.807) is 6.20 Å². The van der Waals surface area contributed by atoms with Gasteiger partial charge in [-0.15, -0.1) is 0 Å². The number of rotatable bonds is 5. The lowest BCUT2D eigenvalue weighted by Gasteiger charge is -2.25. The van der Waals surface area contributed by atoms with Crippen LogP contribution in [0.3, 0.4) is 0 Å². The summed E-state index contributed by atoms with van der Waals surface area (Å²) in [7, 11) is 0. The van der Waals surface area contributed by atoms with Gasteiger partial charge in [-0.2, -0.15) is 0 Å². The third-order valence-corrected chi connectivity index (χ3v) is 6.75. The van der Waals surface area contributed by atoms with Crippen LogP contribution in [0.1, 0.15) is 38.9 Å². The van der Waals surface area contributed by atoms with Crippen molar-refractivity contribution in [3.05, 3.63) is 72.8 Å². The molecule has 2 atom stereocenters. The summed E-state index contributed by atoms with van der Waals surface area (Å²) < 4.78 is 7.88. The van der Waals surface area contributed by atoms with E-state index in [9.17, 15) is 9.90 Å². The number of hydrogen-bond donors (Lipinski definition) is 2. The standard InChI is InChI=1S/C26H26N4O3/c1-25(12-13-26(2,16-25)24(31)32)23-29-20(21-22(27)28-14-15-30(21)23)17-8-10-19(11-9-17)33-18-6-4-3-5-7-18/h3-11,14-15H,12-13,16H2,1-2H3,(H2,27,28)(H,31,32). The lowest BCUT2D eigenvalue weighted by molar-refractivity contribution is -0.147. The zero-order valence-corrected chi connectivity index (χ0v) is 18.7. The van der Waals surface area contributed by atoms with Crippen LogP contribution in [0.15, 0.2) is 67.0 Å². The normalized spacial score (nSPS) is 22.5. The van der Waals surface area contributed by atoms with E-state index in [1.807, 2.05) is 72.1 Å². The van der Waals surface area contributed by atoms with Crippen LogP contribution in [0.4, 0.5) is 5.82 Å². The number of fused-ring (bicyclic) bond motifs is 1. The van der Waals surface area contributed by atoms with Gasteiger partial charge in [0.05, 0.1) is 5.41 Å². The number of ether oxygens (including phenoxy) is 1. The first-order chi connectivity index (χ1) is 15.8. The Bertz CT molecular complexity index is 1330. The monoisotopic (exact) mass is 442 g/mol. The summed E-state index contributed by atoms with van der Waals surface area (Å²) in [5.41, 5.74) is 7.48. The Labute approximate surface area is 191 Å². The van der Waals surface area contributed by atoms with Gasteiger partial charge in [0.2, 0.25) is 0 Å². The largest absolute Gasteiger partial charge is 0.481 e. The molecule has 7 nitrogen and oxygen atoms in total. The van der Waals surface area contributed by atoms with Crippen molar-refractivity contribution in [2.45, 2.75) is 38.5 Å². The first kappa shape index (κ1) is 21.0. The SMILES string of the molecule is CC1(C(=O)O)CCC(C)(c2nc(-c3ccc(Oc4ccccc4)cc3)c3c(N)nccn23)C1. The number of carboxylic acids is 1. The second kappa shape index (κ2) is 7.62. The van der Waals surface area contributed by atoms with Crippen LogP contribution in [0.5, 0.6) is 11.5 Å². The predicted molar refractivity (Wildman–Crippen MR) is 126 cm³/mol. The van der Waals surface area contributed by atoms with Crippen LogP contribution in [0.25, 0.3) is 16.8 Å². The summed E-state index contributed by atoms with van der Waals surface area (Å²) in [4.78, 5) is 21.2. The van der Waals surface area contributed by atoms with Gasteiger partial charge in [0.25, 0.3) is 0 Å². The number of benzene rings is 2. The summed E-state index contributed by atoms with van der Waals surface area (Å²) in [6, 6.07) is 17.3. The smallest absolute Gasteiger partial charge is 0.309 e. The molecule has 1 aliphatic carbocycles. The summed E-state index contributed by atoms with van der Waals surface area (Å²) in [6.45, 7) is 3.91. The molecule has 0 amide bonds. The Hall–Kier alpha value is -3.87. The van der Waals surface area contributed by atoms with Crippen LogP contribution in [-0.2, 0) is 10.2 Å². The molecule has 0 saturated heterocycles. The predicted octanol–water partition coefficient (Wildman–Crippen LogP) is 5.30. The molecule has 168 valence electrons. The van der Waals surface area contributed by atoms with Crippen molar-refractivity contribution in [1.82, 2.24) is 14.4 Å². The minimum atomic E-state index is -0.768. The van der Waals surface area contributed by atoms with Gasteiger partial charge in [0.15, 0.2) is 0 Å². The maximum Gasteiger partial charge on any atom is 0.309 e. The molecular formula is C26H26N4O3. The first-order valence-electron chi connectivity index (χ1n) is 11.0. The number of hydrogen-bond acceptors (Lipinski definition) is 5. The average Bonchev–Trinajstić information content (AvgIpc) is 3.36. The van der Waals surface area contributed by atoms with Gasteiger partial charge in [-0.3, -0.25) is 9.20 Å². The van der Waals surface area contributed by atoms with Gasteiger partial charge in [0.1, 0.15) is 34.4 Å². The van der Waals surface area contributed by atoms with Crippen LogP contribution in [-0.4, -0.2) is 25.4 Å². The van der Waals surface area contributed by atoms with Crippen molar-refractivity contribution in [3.8, 4) is 22.8 Å². The molecule has 4 aromatic rings. The molecule has 2 heterocycles. The van der Waals surface area contributed by atoms with Crippen molar-refractivity contribution in [3.63, 3.8) is 0 Å². The fraction of sp³-hybridized carbons (Fsp3) is 0.269. The molecule has 3 N–H and O–H groups in total. The van der Waals surface area contributed by atoms with E-state index >= 15 is 0 Å². The Morgan fingerprint density at radius 1 is 1.06 bits per heavy atom. The van der Waals surface area contributed by atoms with E-state index in [4.69, 9.17) is 15.5 Å². The van der Waals surface area contributed by atoms with Gasteiger partial charge in [-0.25, -0.2) is 9.97 Å². The quantitative estimate of drug-likeness (QED) is 0.435. The molecule has 2 aromatic heterocycles.